The van der Waals surface area contributed by atoms with Crippen LogP contribution in [0.15, 0.2) is 67.0 Å². The minimum Gasteiger partial charge on any atom is -0.340 e. The van der Waals surface area contributed by atoms with Gasteiger partial charge in [-0.2, -0.15) is 5.10 Å². The van der Waals surface area contributed by atoms with Crippen molar-refractivity contribution >= 4 is 27.8 Å². The number of aromatic nitrogens is 6. The van der Waals surface area contributed by atoms with Crippen LogP contribution in [0.3, 0.4) is 0 Å². The van der Waals surface area contributed by atoms with E-state index in [1.807, 2.05) is 31.6 Å². The highest BCUT2D eigenvalue weighted by Gasteiger charge is 2.19. The molecular formula is C30H30N6S. The molecule has 0 atom stereocenters. The standard InChI is InChI=1S/C30H30N6S/c1-3-8-23(27-11-7-12-37-27)28-19(2)33-30(34-28)29-24-15-25(32-18-26(24)35-36-29)22-14-21(16-31-17-22)13-20-9-5-4-6-10-20/h3,7-8,11-12,14-18,20H,1,4-6,9-10,13H2,2H3,(H,33,34)(H,35,36)/b23-8-. The van der Waals surface area contributed by atoms with Gasteiger partial charge in [-0.3, -0.25) is 15.1 Å². The fourth-order valence-electron chi connectivity index (χ4n) is 5.38. The number of hydrogen-bond acceptors (Lipinski definition) is 5. The van der Waals surface area contributed by atoms with Gasteiger partial charge in [-0.15, -0.1) is 11.3 Å². The van der Waals surface area contributed by atoms with Gasteiger partial charge in [0.05, 0.1) is 23.1 Å². The number of nitrogens with one attached hydrogen (secondary N) is 2. The molecule has 0 saturated heterocycles. The van der Waals surface area contributed by atoms with E-state index in [1.54, 1.807) is 17.4 Å². The molecule has 6 rings (SSSR count). The molecule has 0 aliphatic heterocycles. The molecule has 1 saturated carbocycles. The van der Waals surface area contributed by atoms with Gasteiger partial charge < -0.3 is 4.98 Å². The van der Waals surface area contributed by atoms with Gasteiger partial charge in [0, 0.05) is 39.5 Å². The van der Waals surface area contributed by atoms with Gasteiger partial charge in [-0.05, 0) is 48.4 Å². The Morgan fingerprint density at radius 1 is 1.16 bits per heavy atom. The molecule has 0 aromatic carbocycles. The molecule has 186 valence electrons. The number of thiophene rings is 1. The van der Waals surface area contributed by atoms with Gasteiger partial charge in [-0.1, -0.05) is 56.9 Å². The number of imidazole rings is 1. The lowest BCUT2D eigenvalue weighted by atomic mass is 9.85. The molecule has 5 aromatic rings. The van der Waals surface area contributed by atoms with E-state index in [9.17, 15) is 0 Å². The summed E-state index contributed by atoms with van der Waals surface area (Å²) in [5.74, 6) is 1.50. The van der Waals surface area contributed by atoms with Gasteiger partial charge >= 0.3 is 0 Å². The number of H-pyrrole nitrogens is 2. The normalized spacial score (nSPS) is 14.9. The second kappa shape index (κ2) is 10.3. The third kappa shape index (κ3) is 4.79. The van der Waals surface area contributed by atoms with E-state index < -0.39 is 0 Å². The second-order valence-corrected chi connectivity index (χ2v) is 10.8. The molecule has 5 heterocycles. The smallest absolute Gasteiger partial charge is 0.159 e. The molecule has 0 unspecified atom stereocenters. The van der Waals surface area contributed by atoms with Crippen LogP contribution in [-0.4, -0.2) is 30.1 Å². The number of fused-ring (bicyclic) bond motifs is 1. The van der Waals surface area contributed by atoms with Gasteiger partial charge in [0.2, 0.25) is 0 Å². The van der Waals surface area contributed by atoms with E-state index in [4.69, 9.17) is 9.97 Å². The zero-order valence-electron chi connectivity index (χ0n) is 21.0. The predicted molar refractivity (Wildman–Crippen MR) is 151 cm³/mol. The lowest BCUT2D eigenvalue weighted by Gasteiger charge is -2.21. The Hall–Kier alpha value is -3.84. The largest absolute Gasteiger partial charge is 0.340 e. The monoisotopic (exact) mass is 506 g/mol. The highest BCUT2D eigenvalue weighted by Crippen LogP contribution is 2.33. The molecule has 7 heteroatoms. The number of aromatic amines is 2. The zero-order valence-corrected chi connectivity index (χ0v) is 21.8. The third-order valence-corrected chi connectivity index (χ3v) is 8.13. The highest BCUT2D eigenvalue weighted by atomic mass is 32.1. The van der Waals surface area contributed by atoms with Crippen LogP contribution in [0.25, 0.3) is 39.3 Å². The van der Waals surface area contributed by atoms with Crippen LogP contribution in [0.5, 0.6) is 0 Å². The van der Waals surface area contributed by atoms with Gasteiger partial charge in [0.15, 0.2) is 5.82 Å². The van der Waals surface area contributed by atoms with Crippen LogP contribution in [-0.2, 0) is 6.42 Å². The number of allylic oxidation sites excluding steroid dienone is 2. The SMILES string of the molecule is C=C/C=C(/c1cccs1)c1nc(-c2n[nH]c3cnc(-c4cncc(CC5CCCCC5)c4)cc23)[nH]c1C. The first-order valence-electron chi connectivity index (χ1n) is 12.9. The fourth-order valence-corrected chi connectivity index (χ4v) is 6.13. The van der Waals surface area contributed by atoms with Crippen molar-refractivity contribution in [2.24, 2.45) is 5.92 Å². The molecule has 1 aliphatic carbocycles. The van der Waals surface area contributed by atoms with Crippen molar-refractivity contribution < 1.29 is 0 Å². The molecule has 0 bridgehead atoms. The molecule has 6 nitrogen and oxygen atoms in total. The lowest BCUT2D eigenvalue weighted by Crippen LogP contribution is -2.09. The minimum absolute atomic E-state index is 0.728. The first-order valence-corrected chi connectivity index (χ1v) is 13.8. The molecule has 0 spiro atoms. The first kappa shape index (κ1) is 23.6. The summed E-state index contributed by atoms with van der Waals surface area (Å²) in [4.78, 5) is 18.9. The maximum absolute atomic E-state index is 4.98. The Kier molecular flexibility index (Phi) is 6.53. The topological polar surface area (TPSA) is 83.1 Å². The first-order chi connectivity index (χ1) is 18.2. The van der Waals surface area contributed by atoms with E-state index >= 15 is 0 Å². The molecule has 1 fully saturated rings. The molecule has 5 aromatic heterocycles. The van der Waals surface area contributed by atoms with Crippen LogP contribution in [0, 0.1) is 12.8 Å². The number of pyridine rings is 2. The molecule has 0 amide bonds. The number of hydrogen-bond donors (Lipinski definition) is 2. The number of rotatable bonds is 7. The van der Waals surface area contributed by atoms with Crippen molar-refractivity contribution in [2.75, 3.05) is 0 Å². The van der Waals surface area contributed by atoms with Crippen molar-refractivity contribution in [3.8, 4) is 22.8 Å². The van der Waals surface area contributed by atoms with Crippen LogP contribution >= 0.6 is 11.3 Å². The lowest BCUT2D eigenvalue weighted by molar-refractivity contribution is 0.356. The molecular weight excluding hydrogens is 476 g/mol. The van der Waals surface area contributed by atoms with Crippen molar-refractivity contribution in [3.05, 3.63) is 88.8 Å². The van der Waals surface area contributed by atoms with Crippen LogP contribution in [0.1, 0.15) is 53.9 Å². The van der Waals surface area contributed by atoms with Crippen LogP contribution in [0.4, 0.5) is 0 Å². The highest BCUT2D eigenvalue weighted by molar-refractivity contribution is 7.11. The Labute approximate surface area is 220 Å². The Balaban J connectivity index is 1.34. The van der Waals surface area contributed by atoms with E-state index in [1.165, 1.54) is 37.7 Å². The molecule has 1 aliphatic rings. The Morgan fingerprint density at radius 2 is 2.05 bits per heavy atom. The fraction of sp³-hybridized carbons (Fsp3) is 0.267. The maximum Gasteiger partial charge on any atom is 0.159 e. The zero-order chi connectivity index (χ0) is 25.2. The van der Waals surface area contributed by atoms with Gasteiger partial charge in [0.1, 0.15) is 5.69 Å². The summed E-state index contributed by atoms with van der Waals surface area (Å²) >= 11 is 1.69. The average Bonchev–Trinajstić information content (AvgIpc) is 3.68. The van der Waals surface area contributed by atoms with E-state index in [2.05, 4.69) is 56.4 Å². The van der Waals surface area contributed by atoms with Crippen molar-refractivity contribution in [2.45, 2.75) is 45.4 Å². The summed E-state index contributed by atoms with van der Waals surface area (Å²) in [6.45, 7) is 5.94. The third-order valence-electron chi connectivity index (χ3n) is 7.22. The van der Waals surface area contributed by atoms with E-state index in [0.717, 1.165) is 67.9 Å². The summed E-state index contributed by atoms with van der Waals surface area (Å²) < 4.78 is 0. The summed E-state index contributed by atoms with van der Waals surface area (Å²) in [6, 6.07) is 8.49. The maximum atomic E-state index is 4.98. The van der Waals surface area contributed by atoms with Gasteiger partial charge in [-0.25, -0.2) is 4.98 Å². The molecule has 37 heavy (non-hydrogen) atoms. The second-order valence-electron chi connectivity index (χ2n) is 9.83. The van der Waals surface area contributed by atoms with Gasteiger partial charge in [0.25, 0.3) is 0 Å². The minimum atomic E-state index is 0.728. The van der Waals surface area contributed by atoms with Crippen molar-refractivity contribution in [1.29, 1.82) is 0 Å². The molecule has 2 N–H and O–H groups in total. The quantitative estimate of drug-likeness (QED) is 0.224. The molecule has 0 radical (unpaired) electrons. The van der Waals surface area contributed by atoms with E-state index in [0.29, 0.717) is 0 Å². The van der Waals surface area contributed by atoms with E-state index in [-0.39, 0.29) is 0 Å². The summed E-state index contributed by atoms with van der Waals surface area (Å²) in [5.41, 5.74) is 7.82. The van der Waals surface area contributed by atoms with Crippen LogP contribution in [0.2, 0.25) is 0 Å². The summed E-state index contributed by atoms with van der Waals surface area (Å²) in [7, 11) is 0. The Bertz CT molecular complexity index is 1570. The number of aryl methyl sites for hydroxylation is 1. The van der Waals surface area contributed by atoms with Crippen molar-refractivity contribution in [3.63, 3.8) is 0 Å². The average molecular weight is 507 g/mol. The Morgan fingerprint density at radius 3 is 2.86 bits per heavy atom. The summed E-state index contributed by atoms with van der Waals surface area (Å²) in [5, 5.41) is 10.8. The van der Waals surface area contributed by atoms with Crippen LogP contribution < -0.4 is 0 Å². The number of nitrogens with zero attached hydrogens (tertiary/aromatic N) is 4. The predicted octanol–water partition coefficient (Wildman–Crippen LogP) is 7.52. The van der Waals surface area contributed by atoms with Crippen molar-refractivity contribution in [1.82, 2.24) is 30.1 Å². The summed E-state index contributed by atoms with van der Waals surface area (Å²) in [6.07, 6.45) is 17.4.